The molecule has 4 heteroatoms. The fourth-order valence-electron chi connectivity index (χ4n) is 1.38. The summed E-state index contributed by atoms with van der Waals surface area (Å²) in [5.74, 6) is 0. The predicted molar refractivity (Wildman–Crippen MR) is 45.8 cm³/mol. The molecule has 0 aromatic heterocycles. The highest BCUT2D eigenvalue weighted by molar-refractivity contribution is 5.72. The molecule has 2 amide bonds. The Morgan fingerprint density at radius 2 is 2.25 bits per heavy atom. The van der Waals surface area contributed by atoms with Crippen molar-refractivity contribution < 1.29 is 9.53 Å². The summed E-state index contributed by atoms with van der Waals surface area (Å²) in [6.07, 6.45) is 0.867. The Kier molecular flexibility index (Phi) is 2.57. The molecule has 1 rings (SSSR count). The van der Waals surface area contributed by atoms with E-state index in [9.17, 15) is 4.79 Å². The number of carbonyl (C=O) groups is 1. The third-order valence-electron chi connectivity index (χ3n) is 1.95. The molecule has 0 radical (unpaired) electrons. The first-order valence-electron chi connectivity index (χ1n) is 4.20. The number of nitrogens with two attached hydrogens (primary N) is 1. The van der Waals surface area contributed by atoms with Crippen LogP contribution in [0.5, 0.6) is 0 Å². The van der Waals surface area contributed by atoms with Crippen LogP contribution in [0.25, 0.3) is 0 Å². The standard InChI is InChI=1S/C8H16N2O2/c1-8(2)6-10(7(9)11)4-3-5-12-8/h3-6H2,1-2H3,(H2,9,11). The van der Waals surface area contributed by atoms with Gasteiger partial charge < -0.3 is 15.4 Å². The molecular weight excluding hydrogens is 156 g/mol. The zero-order valence-electron chi connectivity index (χ0n) is 7.67. The van der Waals surface area contributed by atoms with Crippen LogP contribution in [-0.4, -0.2) is 36.2 Å². The third kappa shape index (κ3) is 2.37. The SMILES string of the molecule is CC1(C)CN(C(N)=O)CCCO1. The zero-order valence-corrected chi connectivity index (χ0v) is 7.67. The smallest absolute Gasteiger partial charge is 0.314 e. The average molecular weight is 172 g/mol. The van der Waals surface area contributed by atoms with Crippen LogP contribution in [-0.2, 0) is 4.74 Å². The Bertz CT molecular complexity index is 180. The van der Waals surface area contributed by atoms with Crippen LogP contribution in [0.15, 0.2) is 0 Å². The lowest BCUT2D eigenvalue weighted by Crippen LogP contribution is -2.44. The van der Waals surface area contributed by atoms with Gasteiger partial charge in [0.25, 0.3) is 0 Å². The maximum atomic E-state index is 10.9. The fourth-order valence-corrected chi connectivity index (χ4v) is 1.38. The summed E-state index contributed by atoms with van der Waals surface area (Å²) in [5.41, 5.74) is 4.93. The summed E-state index contributed by atoms with van der Waals surface area (Å²) in [5, 5.41) is 0. The van der Waals surface area contributed by atoms with Crippen LogP contribution in [0, 0.1) is 0 Å². The molecule has 0 saturated carbocycles. The van der Waals surface area contributed by atoms with Crippen LogP contribution >= 0.6 is 0 Å². The lowest BCUT2D eigenvalue weighted by molar-refractivity contribution is -0.0129. The van der Waals surface area contributed by atoms with Crippen molar-refractivity contribution in [3.8, 4) is 0 Å². The number of amides is 2. The highest BCUT2D eigenvalue weighted by atomic mass is 16.5. The van der Waals surface area contributed by atoms with E-state index in [1.165, 1.54) is 0 Å². The number of carbonyl (C=O) groups excluding carboxylic acids is 1. The first-order valence-corrected chi connectivity index (χ1v) is 4.20. The van der Waals surface area contributed by atoms with Crippen molar-refractivity contribution in [3.05, 3.63) is 0 Å². The van der Waals surface area contributed by atoms with Gasteiger partial charge in [-0.25, -0.2) is 4.79 Å². The molecule has 0 unspecified atom stereocenters. The minimum absolute atomic E-state index is 0.258. The predicted octanol–water partition coefficient (Wildman–Crippen LogP) is 0.566. The molecule has 0 aromatic rings. The molecule has 0 aromatic carbocycles. The van der Waals surface area contributed by atoms with E-state index >= 15 is 0 Å². The molecule has 0 atom stereocenters. The lowest BCUT2D eigenvalue weighted by Gasteiger charge is -2.27. The molecule has 0 spiro atoms. The molecular formula is C8H16N2O2. The van der Waals surface area contributed by atoms with Gasteiger partial charge in [-0.3, -0.25) is 0 Å². The number of hydrogen-bond acceptors (Lipinski definition) is 2. The quantitative estimate of drug-likeness (QED) is 0.580. The van der Waals surface area contributed by atoms with Gasteiger partial charge in [0.2, 0.25) is 0 Å². The van der Waals surface area contributed by atoms with Gasteiger partial charge in [-0.15, -0.1) is 0 Å². The zero-order chi connectivity index (χ0) is 9.19. The van der Waals surface area contributed by atoms with Crippen LogP contribution in [0.4, 0.5) is 4.79 Å². The first kappa shape index (κ1) is 9.32. The van der Waals surface area contributed by atoms with Gasteiger partial charge in [-0.05, 0) is 20.3 Å². The van der Waals surface area contributed by atoms with Crippen LogP contribution in [0.2, 0.25) is 0 Å². The van der Waals surface area contributed by atoms with Crippen LogP contribution in [0.3, 0.4) is 0 Å². The lowest BCUT2D eigenvalue weighted by atomic mass is 10.1. The summed E-state index contributed by atoms with van der Waals surface area (Å²) < 4.78 is 5.52. The van der Waals surface area contributed by atoms with E-state index < -0.39 is 0 Å². The summed E-state index contributed by atoms with van der Waals surface area (Å²) in [7, 11) is 0. The van der Waals surface area contributed by atoms with E-state index in [2.05, 4.69) is 0 Å². The number of ether oxygens (including phenoxy) is 1. The van der Waals surface area contributed by atoms with E-state index in [0.29, 0.717) is 19.7 Å². The maximum absolute atomic E-state index is 10.9. The Morgan fingerprint density at radius 3 is 2.83 bits per heavy atom. The number of rotatable bonds is 0. The van der Waals surface area contributed by atoms with E-state index in [1.54, 1.807) is 4.90 Å². The van der Waals surface area contributed by atoms with Gasteiger partial charge in [0.1, 0.15) is 0 Å². The Morgan fingerprint density at radius 1 is 1.58 bits per heavy atom. The molecule has 0 bridgehead atoms. The molecule has 12 heavy (non-hydrogen) atoms. The summed E-state index contributed by atoms with van der Waals surface area (Å²) in [6.45, 7) is 5.93. The maximum Gasteiger partial charge on any atom is 0.314 e. The van der Waals surface area contributed by atoms with Crippen molar-refractivity contribution in [3.63, 3.8) is 0 Å². The Labute approximate surface area is 72.7 Å². The largest absolute Gasteiger partial charge is 0.374 e. The molecule has 1 aliphatic heterocycles. The molecule has 70 valence electrons. The van der Waals surface area contributed by atoms with Gasteiger partial charge in [-0.1, -0.05) is 0 Å². The highest BCUT2D eigenvalue weighted by Crippen LogP contribution is 2.15. The summed E-state index contributed by atoms with van der Waals surface area (Å²) >= 11 is 0. The second-order valence-electron chi connectivity index (χ2n) is 3.72. The number of primary amides is 1. The van der Waals surface area contributed by atoms with Crippen molar-refractivity contribution >= 4 is 6.03 Å². The topological polar surface area (TPSA) is 55.6 Å². The van der Waals surface area contributed by atoms with Gasteiger partial charge in [0.05, 0.1) is 12.1 Å². The van der Waals surface area contributed by atoms with E-state index in [0.717, 1.165) is 6.42 Å². The Hall–Kier alpha value is -0.770. The second-order valence-corrected chi connectivity index (χ2v) is 3.72. The van der Waals surface area contributed by atoms with Crippen molar-refractivity contribution in [2.45, 2.75) is 25.9 Å². The van der Waals surface area contributed by atoms with Crippen molar-refractivity contribution in [1.82, 2.24) is 4.90 Å². The van der Waals surface area contributed by atoms with Crippen molar-refractivity contribution in [2.75, 3.05) is 19.7 Å². The Balaban J connectivity index is 2.60. The third-order valence-corrected chi connectivity index (χ3v) is 1.95. The minimum atomic E-state index is -0.353. The molecule has 1 aliphatic rings. The fraction of sp³-hybridized carbons (Fsp3) is 0.875. The van der Waals surface area contributed by atoms with Crippen molar-refractivity contribution in [2.24, 2.45) is 5.73 Å². The molecule has 4 nitrogen and oxygen atoms in total. The normalized spacial score (nSPS) is 23.3. The minimum Gasteiger partial charge on any atom is -0.374 e. The monoisotopic (exact) mass is 172 g/mol. The van der Waals surface area contributed by atoms with Crippen LogP contribution in [0.1, 0.15) is 20.3 Å². The second kappa shape index (κ2) is 3.31. The molecule has 1 heterocycles. The molecule has 0 aliphatic carbocycles. The number of nitrogens with zero attached hydrogens (tertiary/aromatic N) is 1. The van der Waals surface area contributed by atoms with Gasteiger partial charge in [0, 0.05) is 13.2 Å². The summed E-state index contributed by atoms with van der Waals surface area (Å²) in [6, 6.07) is -0.353. The van der Waals surface area contributed by atoms with Gasteiger partial charge in [0.15, 0.2) is 0 Å². The average Bonchev–Trinajstić information content (AvgIpc) is 2.10. The first-order chi connectivity index (χ1) is 5.51. The van der Waals surface area contributed by atoms with E-state index in [-0.39, 0.29) is 11.6 Å². The summed E-state index contributed by atoms with van der Waals surface area (Å²) in [4.78, 5) is 12.5. The molecule has 2 N–H and O–H groups in total. The van der Waals surface area contributed by atoms with E-state index in [4.69, 9.17) is 10.5 Å². The number of hydrogen-bond donors (Lipinski definition) is 1. The molecule has 1 fully saturated rings. The van der Waals surface area contributed by atoms with Crippen molar-refractivity contribution in [1.29, 1.82) is 0 Å². The van der Waals surface area contributed by atoms with Gasteiger partial charge in [-0.2, -0.15) is 0 Å². The number of urea groups is 1. The van der Waals surface area contributed by atoms with Crippen LogP contribution < -0.4 is 5.73 Å². The van der Waals surface area contributed by atoms with E-state index in [1.807, 2.05) is 13.8 Å². The van der Waals surface area contributed by atoms with Gasteiger partial charge >= 0.3 is 6.03 Å². The molecule has 1 saturated heterocycles. The highest BCUT2D eigenvalue weighted by Gasteiger charge is 2.26.